The SMILES string of the molecule is CCc1ccc(CNCCCC2CCCC2)s1. The molecule has 0 aromatic carbocycles. The Morgan fingerprint density at radius 2 is 2.00 bits per heavy atom. The number of nitrogens with one attached hydrogen (secondary N) is 1. The summed E-state index contributed by atoms with van der Waals surface area (Å²) in [4.78, 5) is 3.00. The second-order valence-electron chi connectivity index (χ2n) is 5.19. The minimum absolute atomic E-state index is 1.05. The molecule has 1 saturated carbocycles. The van der Waals surface area contributed by atoms with Gasteiger partial charge in [0.15, 0.2) is 0 Å². The Hall–Kier alpha value is -0.340. The molecule has 17 heavy (non-hydrogen) atoms. The lowest BCUT2D eigenvalue weighted by atomic mass is 10.0. The summed E-state index contributed by atoms with van der Waals surface area (Å²) < 4.78 is 0. The number of aryl methyl sites for hydroxylation is 1. The summed E-state index contributed by atoms with van der Waals surface area (Å²) in [5.74, 6) is 1.05. The van der Waals surface area contributed by atoms with Crippen LogP contribution in [0.3, 0.4) is 0 Å². The molecule has 1 aliphatic carbocycles. The van der Waals surface area contributed by atoms with Crippen LogP contribution in [0, 0.1) is 5.92 Å². The summed E-state index contributed by atoms with van der Waals surface area (Å²) in [5, 5.41) is 3.57. The lowest BCUT2D eigenvalue weighted by Crippen LogP contribution is -2.14. The smallest absolute Gasteiger partial charge is 0.0299 e. The van der Waals surface area contributed by atoms with Crippen LogP contribution in [0.25, 0.3) is 0 Å². The van der Waals surface area contributed by atoms with E-state index in [0.717, 1.165) is 12.5 Å². The van der Waals surface area contributed by atoms with Crippen LogP contribution in [0.5, 0.6) is 0 Å². The number of thiophene rings is 1. The highest BCUT2D eigenvalue weighted by Gasteiger charge is 2.13. The van der Waals surface area contributed by atoms with Crippen LogP contribution in [0.2, 0.25) is 0 Å². The molecule has 0 spiro atoms. The van der Waals surface area contributed by atoms with Gasteiger partial charge in [-0.1, -0.05) is 32.6 Å². The lowest BCUT2D eigenvalue weighted by molar-refractivity contribution is 0.471. The summed E-state index contributed by atoms with van der Waals surface area (Å²) in [5.41, 5.74) is 0. The fourth-order valence-corrected chi connectivity index (χ4v) is 3.66. The molecule has 0 unspecified atom stereocenters. The van der Waals surface area contributed by atoms with Gasteiger partial charge in [0.2, 0.25) is 0 Å². The highest BCUT2D eigenvalue weighted by molar-refractivity contribution is 7.11. The van der Waals surface area contributed by atoms with Gasteiger partial charge in [-0.25, -0.2) is 0 Å². The van der Waals surface area contributed by atoms with Crippen molar-refractivity contribution in [3.8, 4) is 0 Å². The largest absolute Gasteiger partial charge is 0.312 e. The van der Waals surface area contributed by atoms with Crippen molar-refractivity contribution in [2.75, 3.05) is 6.54 Å². The molecular formula is C15H25NS. The van der Waals surface area contributed by atoms with Crippen molar-refractivity contribution >= 4 is 11.3 Å². The first-order valence-corrected chi connectivity index (χ1v) is 7.98. The maximum absolute atomic E-state index is 3.57. The van der Waals surface area contributed by atoms with Crippen LogP contribution < -0.4 is 5.32 Å². The van der Waals surface area contributed by atoms with Gasteiger partial charge in [0.25, 0.3) is 0 Å². The first kappa shape index (κ1) is 13.1. The van der Waals surface area contributed by atoms with Crippen molar-refractivity contribution in [3.63, 3.8) is 0 Å². The van der Waals surface area contributed by atoms with E-state index in [1.165, 1.54) is 61.2 Å². The second-order valence-corrected chi connectivity index (χ2v) is 6.44. The molecule has 96 valence electrons. The Morgan fingerprint density at radius 3 is 2.71 bits per heavy atom. The molecule has 0 atom stereocenters. The van der Waals surface area contributed by atoms with Gasteiger partial charge in [0.1, 0.15) is 0 Å². The van der Waals surface area contributed by atoms with Crippen LogP contribution >= 0.6 is 11.3 Å². The molecule has 1 nitrogen and oxygen atoms in total. The molecule has 0 radical (unpaired) electrons. The van der Waals surface area contributed by atoms with Gasteiger partial charge < -0.3 is 5.32 Å². The monoisotopic (exact) mass is 251 g/mol. The molecule has 1 heterocycles. The zero-order chi connectivity index (χ0) is 11.9. The minimum Gasteiger partial charge on any atom is -0.312 e. The van der Waals surface area contributed by atoms with Gasteiger partial charge in [0.05, 0.1) is 0 Å². The van der Waals surface area contributed by atoms with E-state index in [9.17, 15) is 0 Å². The van der Waals surface area contributed by atoms with E-state index in [-0.39, 0.29) is 0 Å². The Morgan fingerprint density at radius 1 is 1.24 bits per heavy atom. The van der Waals surface area contributed by atoms with E-state index in [4.69, 9.17) is 0 Å². The molecule has 0 aliphatic heterocycles. The van der Waals surface area contributed by atoms with Gasteiger partial charge in [-0.2, -0.15) is 0 Å². The number of hydrogen-bond acceptors (Lipinski definition) is 2. The molecule has 0 saturated heterocycles. The number of hydrogen-bond donors (Lipinski definition) is 1. The average Bonchev–Trinajstić information content (AvgIpc) is 2.99. The van der Waals surface area contributed by atoms with E-state index in [1.807, 2.05) is 11.3 Å². The predicted octanol–water partition coefficient (Wildman–Crippen LogP) is 4.37. The molecule has 1 aliphatic rings. The molecule has 1 aromatic rings. The third-order valence-electron chi connectivity index (χ3n) is 3.81. The quantitative estimate of drug-likeness (QED) is 0.710. The van der Waals surface area contributed by atoms with Crippen molar-refractivity contribution in [3.05, 3.63) is 21.9 Å². The Balaban J connectivity index is 1.53. The van der Waals surface area contributed by atoms with Crippen molar-refractivity contribution < 1.29 is 0 Å². The van der Waals surface area contributed by atoms with Crippen molar-refractivity contribution in [1.82, 2.24) is 5.32 Å². The van der Waals surface area contributed by atoms with Crippen LogP contribution in [-0.4, -0.2) is 6.54 Å². The Kier molecular flexibility index (Phi) is 5.53. The summed E-state index contributed by atoms with van der Waals surface area (Å²) in [6, 6.07) is 4.54. The maximum Gasteiger partial charge on any atom is 0.0299 e. The molecule has 1 aromatic heterocycles. The molecular weight excluding hydrogens is 226 g/mol. The summed E-state index contributed by atoms with van der Waals surface area (Å²) in [6.07, 6.45) is 9.91. The zero-order valence-electron chi connectivity index (χ0n) is 11.0. The second kappa shape index (κ2) is 7.17. The van der Waals surface area contributed by atoms with Crippen LogP contribution in [-0.2, 0) is 13.0 Å². The zero-order valence-corrected chi connectivity index (χ0v) is 11.8. The van der Waals surface area contributed by atoms with E-state index >= 15 is 0 Å². The summed E-state index contributed by atoms with van der Waals surface area (Å²) in [7, 11) is 0. The minimum atomic E-state index is 1.05. The van der Waals surface area contributed by atoms with Crippen molar-refractivity contribution in [1.29, 1.82) is 0 Å². The van der Waals surface area contributed by atoms with Crippen LogP contribution in [0.15, 0.2) is 12.1 Å². The standard InChI is InChI=1S/C15H25NS/c1-2-14-9-10-15(17-14)12-16-11-5-8-13-6-3-4-7-13/h9-10,13,16H,2-8,11-12H2,1H3. The molecule has 0 amide bonds. The molecule has 2 rings (SSSR count). The van der Waals surface area contributed by atoms with Crippen molar-refractivity contribution in [2.24, 2.45) is 5.92 Å². The van der Waals surface area contributed by atoms with E-state index < -0.39 is 0 Å². The van der Waals surface area contributed by atoms with Gasteiger partial charge in [-0.3, -0.25) is 0 Å². The van der Waals surface area contributed by atoms with Gasteiger partial charge in [0, 0.05) is 16.3 Å². The highest BCUT2D eigenvalue weighted by atomic mass is 32.1. The molecule has 1 N–H and O–H groups in total. The average molecular weight is 251 g/mol. The fourth-order valence-electron chi connectivity index (χ4n) is 2.73. The molecule has 0 bridgehead atoms. The first-order chi connectivity index (χ1) is 8.38. The lowest BCUT2D eigenvalue weighted by Gasteiger charge is -2.08. The third-order valence-corrected chi connectivity index (χ3v) is 5.04. The van der Waals surface area contributed by atoms with Gasteiger partial charge in [-0.05, 0) is 43.9 Å². The number of rotatable bonds is 7. The predicted molar refractivity (Wildman–Crippen MR) is 76.6 cm³/mol. The van der Waals surface area contributed by atoms with E-state index in [0.29, 0.717) is 0 Å². The third kappa shape index (κ3) is 4.44. The normalized spacial score (nSPS) is 16.8. The van der Waals surface area contributed by atoms with E-state index in [2.05, 4.69) is 24.4 Å². The first-order valence-electron chi connectivity index (χ1n) is 7.16. The Labute approximate surface area is 110 Å². The fraction of sp³-hybridized carbons (Fsp3) is 0.733. The summed E-state index contributed by atoms with van der Waals surface area (Å²) >= 11 is 1.95. The highest BCUT2D eigenvalue weighted by Crippen LogP contribution is 2.28. The van der Waals surface area contributed by atoms with Gasteiger partial charge >= 0.3 is 0 Å². The molecule has 1 fully saturated rings. The summed E-state index contributed by atoms with van der Waals surface area (Å²) in [6.45, 7) is 4.48. The Bertz CT molecular complexity index is 312. The van der Waals surface area contributed by atoms with Crippen LogP contribution in [0.1, 0.15) is 55.2 Å². The van der Waals surface area contributed by atoms with E-state index in [1.54, 1.807) is 0 Å². The van der Waals surface area contributed by atoms with Crippen molar-refractivity contribution in [2.45, 2.75) is 58.4 Å². The van der Waals surface area contributed by atoms with Gasteiger partial charge in [-0.15, -0.1) is 11.3 Å². The topological polar surface area (TPSA) is 12.0 Å². The van der Waals surface area contributed by atoms with Crippen LogP contribution in [0.4, 0.5) is 0 Å². The maximum atomic E-state index is 3.57. The molecule has 2 heteroatoms.